The molecule has 0 bridgehead atoms. The molecule has 0 saturated heterocycles. The van der Waals surface area contributed by atoms with Crippen LogP contribution in [0, 0.1) is 0 Å². The van der Waals surface area contributed by atoms with Gasteiger partial charge in [0, 0.05) is 0 Å². The third-order valence-corrected chi connectivity index (χ3v) is 2.51. The smallest absolute Gasteiger partial charge is 0.183 e. The van der Waals surface area contributed by atoms with E-state index in [9.17, 15) is 0 Å². The van der Waals surface area contributed by atoms with Gasteiger partial charge in [-0.2, -0.15) is 0 Å². The first-order chi connectivity index (χ1) is 6.42. The highest BCUT2D eigenvalue weighted by atomic mass is 28.4. The van der Waals surface area contributed by atoms with E-state index in [1.807, 2.05) is 13.8 Å². The van der Waals surface area contributed by atoms with Gasteiger partial charge >= 0.3 is 0 Å². The van der Waals surface area contributed by atoms with Crippen LogP contribution in [0.25, 0.3) is 0 Å². The van der Waals surface area contributed by atoms with Gasteiger partial charge in [-0.3, -0.25) is 0 Å². The fourth-order valence-electron chi connectivity index (χ4n) is 0.852. The average Bonchev–Trinajstić information content (AvgIpc) is 2.00. The molecule has 4 heteroatoms. The van der Waals surface area contributed by atoms with Crippen LogP contribution in [0.1, 0.15) is 13.8 Å². The van der Waals surface area contributed by atoms with Gasteiger partial charge in [0.25, 0.3) is 0 Å². The Bertz CT molecular complexity index is 132. The molecular weight excluding hydrogens is 196 g/mol. The van der Waals surface area contributed by atoms with E-state index in [0.717, 1.165) is 0 Å². The number of ether oxygens (including phenoxy) is 2. The van der Waals surface area contributed by atoms with Crippen LogP contribution in [0.2, 0.25) is 19.6 Å². The SMILES string of the molecule is CC(C)OCCOCCO[Si](C)(C)C. The lowest BCUT2D eigenvalue weighted by molar-refractivity contribution is 0.0119. The first-order valence-electron chi connectivity index (χ1n) is 5.25. The molecular formula is C10H24O3Si. The molecule has 0 fully saturated rings. The minimum Gasteiger partial charge on any atom is -0.415 e. The fourth-order valence-corrected chi connectivity index (χ4v) is 1.55. The van der Waals surface area contributed by atoms with Gasteiger partial charge in [-0.1, -0.05) is 0 Å². The Morgan fingerprint density at radius 1 is 0.929 bits per heavy atom. The van der Waals surface area contributed by atoms with E-state index in [1.165, 1.54) is 0 Å². The molecule has 0 aliphatic heterocycles. The number of rotatable bonds is 8. The van der Waals surface area contributed by atoms with Crippen molar-refractivity contribution in [3.05, 3.63) is 0 Å². The maximum atomic E-state index is 5.63. The average molecular weight is 220 g/mol. The molecule has 0 rings (SSSR count). The maximum absolute atomic E-state index is 5.63. The molecule has 3 nitrogen and oxygen atoms in total. The van der Waals surface area contributed by atoms with Crippen LogP contribution in [0.5, 0.6) is 0 Å². The van der Waals surface area contributed by atoms with Crippen LogP contribution in [0.15, 0.2) is 0 Å². The van der Waals surface area contributed by atoms with Gasteiger partial charge in [0.1, 0.15) is 0 Å². The van der Waals surface area contributed by atoms with Gasteiger partial charge in [-0.05, 0) is 33.5 Å². The zero-order chi connectivity index (χ0) is 11.0. The van der Waals surface area contributed by atoms with Crippen LogP contribution in [-0.4, -0.2) is 40.8 Å². The van der Waals surface area contributed by atoms with Gasteiger partial charge in [-0.25, -0.2) is 0 Å². The standard InChI is InChI=1S/C10H24O3Si/c1-10(2)12-8-6-11-7-9-13-14(3,4)5/h10H,6-9H2,1-5H3. The minimum absolute atomic E-state index is 0.289. The van der Waals surface area contributed by atoms with Crippen molar-refractivity contribution < 1.29 is 13.9 Å². The second kappa shape index (κ2) is 7.40. The lowest BCUT2D eigenvalue weighted by Crippen LogP contribution is -2.27. The Labute approximate surface area is 88.9 Å². The monoisotopic (exact) mass is 220 g/mol. The Hall–Kier alpha value is 0.0969. The third-order valence-electron chi connectivity index (χ3n) is 1.44. The van der Waals surface area contributed by atoms with Crippen molar-refractivity contribution in [3.8, 4) is 0 Å². The predicted molar refractivity (Wildman–Crippen MR) is 61.2 cm³/mol. The van der Waals surface area contributed by atoms with Crippen LogP contribution in [0.3, 0.4) is 0 Å². The third kappa shape index (κ3) is 12.1. The highest BCUT2D eigenvalue weighted by molar-refractivity contribution is 6.69. The zero-order valence-corrected chi connectivity index (χ0v) is 11.1. The molecule has 0 spiro atoms. The predicted octanol–water partition coefficient (Wildman–Crippen LogP) is 2.28. The topological polar surface area (TPSA) is 27.7 Å². The molecule has 0 heterocycles. The second-order valence-electron chi connectivity index (χ2n) is 4.49. The van der Waals surface area contributed by atoms with Crippen molar-refractivity contribution in [2.75, 3.05) is 26.4 Å². The zero-order valence-electron chi connectivity index (χ0n) is 10.1. The lowest BCUT2D eigenvalue weighted by atomic mass is 10.5. The van der Waals surface area contributed by atoms with Gasteiger partial charge in [0.2, 0.25) is 0 Å². The summed E-state index contributed by atoms with van der Waals surface area (Å²) < 4.78 is 16.3. The number of hydrogen-bond donors (Lipinski definition) is 0. The van der Waals surface area contributed by atoms with Gasteiger partial charge in [0.05, 0.1) is 32.5 Å². The summed E-state index contributed by atoms with van der Waals surface area (Å²) in [5.41, 5.74) is 0. The van der Waals surface area contributed by atoms with E-state index >= 15 is 0 Å². The summed E-state index contributed by atoms with van der Waals surface area (Å²) in [6, 6.07) is 0. The number of hydrogen-bond acceptors (Lipinski definition) is 3. The lowest BCUT2D eigenvalue weighted by Gasteiger charge is -2.17. The van der Waals surface area contributed by atoms with Gasteiger partial charge in [0.15, 0.2) is 8.32 Å². The molecule has 0 amide bonds. The van der Waals surface area contributed by atoms with Gasteiger partial charge < -0.3 is 13.9 Å². The molecule has 0 aliphatic carbocycles. The van der Waals surface area contributed by atoms with Crippen LogP contribution in [-0.2, 0) is 13.9 Å². The molecule has 0 saturated carbocycles. The molecule has 0 aromatic carbocycles. The summed E-state index contributed by atoms with van der Waals surface area (Å²) in [7, 11) is -1.35. The normalized spacial score (nSPS) is 12.4. The highest BCUT2D eigenvalue weighted by Crippen LogP contribution is 2.01. The molecule has 0 aromatic rings. The Kier molecular flexibility index (Phi) is 7.45. The molecule has 0 aromatic heterocycles. The molecule has 0 aliphatic rings. The molecule has 0 atom stereocenters. The summed E-state index contributed by atoms with van der Waals surface area (Å²) in [5.74, 6) is 0. The van der Waals surface area contributed by atoms with Crippen molar-refractivity contribution in [1.29, 1.82) is 0 Å². The van der Waals surface area contributed by atoms with Crippen LogP contribution < -0.4 is 0 Å². The summed E-state index contributed by atoms with van der Waals surface area (Å²) in [6.45, 7) is 13.3. The largest absolute Gasteiger partial charge is 0.415 e. The summed E-state index contributed by atoms with van der Waals surface area (Å²) in [6.07, 6.45) is 0.289. The molecule has 0 N–H and O–H groups in total. The summed E-state index contributed by atoms with van der Waals surface area (Å²) in [4.78, 5) is 0. The summed E-state index contributed by atoms with van der Waals surface area (Å²) >= 11 is 0. The van der Waals surface area contributed by atoms with E-state index < -0.39 is 8.32 Å². The fraction of sp³-hybridized carbons (Fsp3) is 1.00. The van der Waals surface area contributed by atoms with Crippen molar-refractivity contribution in [3.63, 3.8) is 0 Å². The second-order valence-corrected chi connectivity index (χ2v) is 9.01. The van der Waals surface area contributed by atoms with Crippen molar-refractivity contribution in [2.24, 2.45) is 0 Å². The van der Waals surface area contributed by atoms with Crippen molar-refractivity contribution >= 4 is 8.32 Å². The Balaban J connectivity index is 3.07. The van der Waals surface area contributed by atoms with Crippen LogP contribution in [0.4, 0.5) is 0 Å². The Morgan fingerprint density at radius 2 is 1.50 bits per heavy atom. The van der Waals surface area contributed by atoms with E-state index in [0.29, 0.717) is 26.4 Å². The molecule has 86 valence electrons. The van der Waals surface area contributed by atoms with Gasteiger partial charge in [-0.15, -0.1) is 0 Å². The maximum Gasteiger partial charge on any atom is 0.183 e. The van der Waals surface area contributed by atoms with Crippen molar-refractivity contribution in [1.82, 2.24) is 0 Å². The highest BCUT2D eigenvalue weighted by Gasteiger charge is 2.12. The van der Waals surface area contributed by atoms with E-state index in [1.54, 1.807) is 0 Å². The quantitative estimate of drug-likeness (QED) is 0.464. The Morgan fingerprint density at radius 3 is 2.00 bits per heavy atom. The molecule has 0 unspecified atom stereocenters. The van der Waals surface area contributed by atoms with E-state index in [2.05, 4.69) is 19.6 Å². The minimum atomic E-state index is -1.35. The van der Waals surface area contributed by atoms with Crippen molar-refractivity contribution in [2.45, 2.75) is 39.6 Å². The first kappa shape index (κ1) is 14.1. The van der Waals surface area contributed by atoms with Crippen LogP contribution >= 0.6 is 0 Å². The summed E-state index contributed by atoms with van der Waals surface area (Å²) in [5, 5.41) is 0. The molecule has 14 heavy (non-hydrogen) atoms. The van der Waals surface area contributed by atoms with E-state index in [-0.39, 0.29) is 6.10 Å². The van der Waals surface area contributed by atoms with E-state index in [4.69, 9.17) is 13.9 Å². The first-order valence-corrected chi connectivity index (χ1v) is 8.66. The molecule has 0 radical (unpaired) electrons.